The largest absolute Gasteiger partial charge is 0.481 e. The molecule has 0 atom stereocenters. The molecule has 0 rings (SSSR count). The Bertz CT molecular complexity index is 323. The number of rotatable bonds is 8. The quantitative estimate of drug-likeness (QED) is 0.603. The van der Waals surface area contributed by atoms with Crippen LogP contribution < -0.4 is 4.72 Å². The van der Waals surface area contributed by atoms with E-state index in [0.29, 0.717) is 6.61 Å². The summed E-state index contributed by atoms with van der Waals surface area (Å²) in [7, 11) is -3.50. The van der Waals surface area contributed by atoms with Crippen LogP contribution in [0.15, 0.2) is 0 Å². The molecule has 6 nitrogen and oxygen atoms in total. The van der Waals surface area contributed by atoms with Crippen LogP contribution in [0, 0.1) is 0 Å². The molecule has 0 aromatic heterocycles. The van der Waals surface area contributed by atoms with Gasteiger partial charge in [0.2, 0.25) is 10.0 Å². The maximum absolute atomic E-state index is 11.5. The van der Waals surface area contributed by atoms with Crippen molar-refractivity contribution in [3.8, 4) is 0 Å². The van der Waals surface area contributed by atoms with Gasteiger partial charge in [0, 0.05) is 12.1 Å². The third kappa shape index (κ3) is 7.61. The van der Waals surface area contributed by atoms with Gasteiger partial charge in [-0.25, -0.2) is 13.1 Å². The molecule has 96 valence electrons. The fraction of sp³-hybridized carbons (Fsp3) is 0.889. The number of sulfonamides is 1. The Kier molecular flexibility index (Phi) is 5.91. The lowest BCUT2D eigenvalue weighted by Crippen LogP contribution is -2.46. The van der Waals surface area contributed by atoms with Gasteiger partial charge in [0.05, 0.1) is 18.8 Å². The van der Waals surface area contributed by atoms with E-state index in [0.717, 1.165) is 0 Å². The Hall–Kier alpha value is -0.660. The Labute approximate surface area is 96.0 Å². The molecule has 0 unspecified atom stereocenters. The van der Waals surface area contributed by atoms with E-state index in [9.17, 15) is 13.2 Å². The van der Waals surface area contributed by atoms with Crippen LogP contribution in [0.3, 0.4) is 0 Å². The highest BCUT2D eigenvalue weighted by Crippen LogP contribution is 2.10. The van der Waals surface area contributed by atoms with E-state index in [-0.39, 0.29) is 18.8 Å². The van der Waals surface area contributed by atoms with Crippen molar-refractivity contribution in [1.82, 2.24) is 4.72 Å². The molecular weight excluding hydrogens is 234 g/mol. The van der Waals surface area contributed by atoms with Gasteiger partial charge in [-0.2, -0.15) is 0 Å². The van der Waals surface area contributed by atoms with Crippen LogP contribution in [0.2, 0.25) is 0 Å². The Morgan fingerprint density at radius 2 is 2.00 bits per heavy atom. The maximum Gasteiger partial charge on any atom is 0.305 e. The van der Waals surface area contributed by atoms with Gasteiger partial charge >= 0.3 is 5.97 Å². The van der Waals surface area contributed by atoms with Gasteiger partial charge in [0.15, 0.2) is 0 Å². The van der Waals surface area contributed by atoms with Gasteiger partial charge in [-0.05, 0) is 20.8 Å². The molecule has 0 amide bonds. The van der Waals surface area contributed by atoms with Crippen LogP contribution in [-0.2, 0) is 19.6 Å². The van der Waals surface area contributed by atoms with E-state index in [4.69, 9.17) is 9.84 Å². The molecule has 0 aromatic carbocycles. The van der Waals surface area contributed by atoms with Crippen molar-refractivity contribution in [2.24, 2.45) is 0 Å². The average molecular weight is 253 g/mol. The fourth-order valence-electron chi connectivity index (χ4n) is 1.20. The Balaban J connectivity index is 4.29. The molecule has 7 heteroatoms. The highest BCUT2D eigenvalue weighted by Gasteiger charge is 2.27. The highest BCUT2D eigenvalue weighted by atomic mass is 32.2. The van der Waals surface area contributed by atoms with Crippen molar-refractivity contribution in [2.45, 2.75) is 32.7 Å². The van der Waals surface area contributed by atoms with Crippen molar-refractivity contribution in [2.75, 3.05) is 19.0 Å². The standard InChI is InChI=1S/C9H19NO5S/c1-4-15-5-6-16(13,14)10-9(2,3)7-8(11)12/h10H,4-7H2,1-3H3,(H,11,12). The van der Waals surface area contributed by atoms with E-state index in [2.05, 4.69) is 4.72 Å². The van der Waals surface area contributed by atoms with Gasteiger partial charge in [0.25, 0.3) is 0 Å². The Morgan fingerprint density at radius 3 is 2.44 bits per heavy atom. The van der Waals surface area contributed by atoms with Crippen molar-refractivity contribution in [1.29, 1.82) is 0 Å². The van der Waals surface area contributed by atoms with Crippen LogP contribution in [0.1, 0.15) is 27.2 Å². The van der Waals surface area contributed by atoms with Crippen molar-refractivity contribution < 1.29 is 23.1 Å². The lowest BCUT2D eigenvalue weighted by atomic mass is 10.0. The number of hydrogen-bond donors (Lipinski definition) is 2. The van der Waals surface area contributed by atoms with Gasteiger partial charge in [-0.1, -0.05) is 0 Å². The number of aliphatic carboxylic acids is 1. The topological polar surface area (TPSA) is 92.7 Å². The first-order chi connectivity index (χ1) is 7.18. The summed E-state index contributed by atoms with van der Waals surface area (Å²) in [4.78, 5) is 10.5. The van der Waals surface area contributed by atoms with Gasteiger partial charge in [-0.3, -0.25) is 4.79 Å². The van der Waals surface area contributed by atoms with E-state index in [1.807, 2.05) is 0 Å². The molecule has 0 radical (unpaired) electrons. The Morgan fingerprint density at radius 1 is 1.44 bits per heavy atom. The molecule has 0 bridgehead atoms. The summed E-state index contributed by atoms with van der Waals surface area (Å²) in [6.45, 7) is 5.39. The number of carboxylic acids is 1. The molecule has 2 N–H and O–H groups in total. The minimum absolute atomic E-state index is 0.106. The van der Waals surface area contributed by atoms with E-state index < -0.39 is 21.5 Å². The monoisotopic (exact) mass is 253 g/mol. The van der Waals surface area contributed by atoms with E-state index in [1.54, 1.807) is 6.92 Å². The average Bonchev–Trinajstić information content (AvgIpc) is 1.98. The molecule has 0 spiro atoms. The second-order valence-corrected chi connectivity index (χ2v) is 5.91. The summed E-state index contributed by atoms with van der Waals surface area (Å²) in [6.07, 6.45) is -0.263. The molecule has 0 saturated carbocycles. The fourth-order valence-corrected chi connectivity index (χ4v) is 2.55. The van der Waals surface area contributed by atoms with Crippen molar-refractivity contribution in [3.63, 3.8) is 0 Å². The molecule has 0 aliphatic carbocycles. The van der Waals surface area contributed by atoms with Gasteiger partial charge in [-0.15, -0.1) is 0 Å². The van der Waals surface area contributed by atoms with E-state index >= 15 is 0 Å². The minimum atomic E-state index is -3.50. The molecule has 0 aromatic rings. The summed E-state index contributed by atoms with van der Waals surface area (Å²) in [5, 5.41) is 8.60. The maximum atomic E-state index is 11.5. The predicted octanol–water partition coefficient (Wildman–Crippen LogP) is 0.196. The number of nitrogens with one attached hydrogen (secondary N) is 1. The first kappa shape index (κ1) is 15.3. The summed E-state index contributed by atoms with van der Waals surface area (Å²) in [5.74, 6) is -1.21. The SMILES string of the molecule is CCOCCS(=O)(=O)NC(C)(C)CC(=O)O. The second kappa shape index (κ2) is 6.17. The molecule has 0 aliphatic rings. The molecule has 0 aliphatic heterocycles. The summed E-state index contributed by atoms with van der Waals surface area (Å²) >= 11 is 0. The molecule has 0 fully saturated rings. The predicted molar refractivity (Wildman–Crippen MR) is 59.7 cm³/mol. The number of hydrogen-bond acceptors (Lipinski definition) is 4. The minimum Gasteiger partial charge on any atom is -0.481 e. The van der Waals surface area contributed by atoms with E-state index in [1.165, 1.54) is 13.8 Å². The first-order valence-corrected chi connectivity index (χ1v) is 6.65. The summed E-state index contributed by atoms with van der Waals surface area (Å²) < 4.78 is 30.3. The van der Waals surface area contributed by atoms with Crippen LogP contribution in [0.4, 0.5) is 0 Å². The van der Waals surface area contributed by atoms with Crippen LogP contribution in [0.5, 0.6) is 0 Å². The van der Waals surface area contributed by atoms with Crippen LogP contribution in [0.25, 0.3) is 0 Å². The molecule has 0 saturated heterocycles. The zero-order valence-electron chi connectivity index (χ0n) is 9.82. The smallest absolute Gasteiger partial charge is 0.305 e. The van der Waals surface area contributed by atoms with Crippen LogP contribution in [-0.4, -0.2) is 44.0 Å². The summed E-state index contributed by atoms with van der Waals surface area (Å²) in [6, 6.07) is 0. The molecule has 0 heterocycles. The van der Waals surface area contributed by atoms with Crippen molar-refractivity contribution >= 4 is 16.0 Å². The van der Waals surface area contributed by atoms with Crippen molar-refractivity contribution in [3.05, 3.63) is 0 Å². The van der Waals surface area contributed by atoms with Gasteiger partial charge in [0.1, 0.15) is 0 Å². The van der Waals surface area contributed by atoms with Crippen LogP contribution >= 0.6 is 0 Å². The lowest BCUT2D eigenvalue weighted by Gasteiger charge is -2.23. The van der Waals surface area contributed by atoms with Gasteiger partial charge < -0.3 is 9.84 Å². The second-order valence-electron chi connectivity index (χ2n) is 4.07. The number of ether oxygens (including phenoxy) is 1. The lowest BCUT2D eigenvalue weighted by molar-refractivity contribution is -0.138. The summed E-state index contributed by atoms with van der Waals surface area (Å²) in [5.41, 5.74) is -0.989. The number of carbonyl (C=O) groups is 1. The third-order valence-electron chi connectivity index (χ3n) is 1.73. The molecule has 16 heavy (non-hydrogen) atoms. The third-order valence-corrected chi connectivity index (χ3v) is 3.29. The zero-order chi connectivity index (χ0) is 12.8. The first-order valence-electron chi connectivity index (χ1n) is 5.00. The molecular formula is C9H19NO5S. The highest BCUT2D eigenvalue weighted by molar-refractivity contribution is 7.89. The zero-order valence-corrected chi connectivity index (χ0v) is 10.6. The normalized spacial score (nSPS) is 12.7. The number of carboxylic acid groups (broad SMARTS) is 1.